The van der Waals surface area contributed by atoms with Crippen molar-refractivity contribution in [2.75, 3.05) is 11.9 Å². The lowest BCUT2D eigenvalue weighted by atomic mass is 10.3. The number of anilines is 1. The van der Waals surface area contributed by atoms with Crippen LogP contribution in [-0.4, -0.2) is 34.3 Å². The Labute approximate surface area is 116 Å². The number of aryl methyl sites for hydroxylation is 1. The first-order chi connectivity index (χ1) is 9.54. The molecule has 3 amide bonds. The van der Waals surface area contributed by atoms with Gasteiger partial charge >= 0.3 is 17.9 Å². The minimum Gasteiger partial charge on any atom is -0.449 e. The Bertz CT molecular complexity index is 484. The molecule has 8 nitrogen and oxygen atoms in total. The second-order valence-corrected chi connectivity index (χ2v) is 4.09. The average molecular weight is 282 g/mol. The Morgan fingerprint density at radius 1 is 1.30 bits per heavy atom. The maximum Gasteiger partial charge on any atom is 0.414 e. The molecule has 20 heavy (non-hydrogen) atoms. The fourth-order valence-electron chi connectivity index (χ4n) is 1.37. The predicted octanol–water partition coefficient (Wildman–Crippen LogP) is 0.802. The van der Waals surface area contributed by atoms with Crippen molar-refractivity contribution in [1.82, 2.24) is 15.1 Å². The molecule has 1 heterocycles. The van der Waals surface area contributed by atoms with Gasteiger partial charge in [0.2, 0.25) is 0 Å². The van der Waals surface area contributed by atoms with E-state index in [1.54, 1.807) is 7.05 Å². The zero-order chi connectivity index (χ0) is 15.0. The first kappa shape index (κ1) is 15.7. The van der Waals surface area contributed by atoms with Crippen molar-refractivity contribution >= 4 is 23.7 Å². The van der Waals surface area contributed by atoms with Crippen LogP contribution in [0.4, 0.5) is 10.6 Å². The largest absolute Gasteiger partial charge is 0.449 e. The second kappa shape index (κ2) is 7.93. The minimum atomic E-state index is -1.08. The molecule has 1 rings (SSSR count). The number of hydrogen-bond acceptors (Lipinski definition) is 5. The number of nitrogens with one attached hydrogen (secondary N) is 2. The van der Waals surface area contributed by atoms with E-state index in [2.05, 4.69) is 10.4 Å². The molecular weight excluding hydrogens is 264 g/mol. The quantitative estimate of drug-likeness (QED) is 0.614. The summed E-state index contributed by atoms with van der Waals surface area (Å²) in [5, 5.41) is 7.99. The molecule has 2 N–H and O–H groups in total. The third-order valence-corrected chi connectivity index (χ3v) is 2.47. The van der Waals surface area contributed by atoms with Gasteiger partial charge in [-0.1, -0.05) is 19.8 Å². The highest BCUT2D eigenvalue weighted by atomic mass is 16.5. The van der Waals surface area contributed by atoms with Gasteiger partial charge in [0.05, 0.1) is 12.8 Å². The van der Waals surface area contributed by atoms with Crippen LogP contribution in [-0.2, 0) is 21.4 Å². The van der Waals surface area contributed by atoms with Gasteiger partial charge < -0.3 is 10.1 Å². The zero-order valence-corrected chi connectivity index (χ0v) is 11.5. The molecule has 0 aliphatic rings. The fourth-order valence-corrected chi connectivity index (χ4v) is 1.37. The molecule has 0 saturated heterocycles. The number of imide groups is 1. The number of carbonyl (C=O) groups excluding carboxylic acids is 3. The number of aromatic nitrogens is 2. The molecule has 110 valence electrons. The SMILES string of the molecule is CCCCCOC(=O)NC(=O)C(=O)Nc1ccnn1C. The molecule has 0 unspecified atom stereocenters. The monoisotopic (exact) mass is 282 g/mol. The Morgan fingerprint density at radius 3 is 2.65 bits per heavy atom. The summed E-state index contributed by atoms with van der Waals surface area (Å²) in [6.45, 7) is 2.24. The van der Waals surface area contributed by atoms with Crippen molar-refractivity contribution in [2.45, 2.75) is 26.2 Å². The molecule has 1 aromatic heterocycles. The van der Waals surface area contributed by atoms with E-state index in [0.717, 1.165) is 19.3 Å². The summed E-state index contributed by atoms with van der Waals surface area (Å²) in [4.78, 5) is 34.2. The minimum absolute atomic E-state index is 0.219. The number of ether oxygens (including phenoxy) is 1. The van der Waals surface area contributed by atoms with E-state index >= 15 is 0 Å². The van der Waals surface area contributed by atoms with E-state index < -0.39 is 17.9 Å². The summed E-state index contributed by atoms with van der Waals surface area (Å²) in [7, 11) is 1.61. The van der Waals surface area contributed by atoms with Crippen LogP contribution in [0, 0.1) is 0 Å². The van der Waals surface area contributed by atoms with Crippen molar-refractivity contribution in [2.24, 2.45) is 7.05 Å². The van der Waals surface area contributed by atoms with Gasteiger partial charge in [0.25, 0.3) is 0 Å². The number of alkyl carbamates (subject to hydrolysis) is 1. The number of carbonyl (C=O) groups is 3. The van der Waals surface area contributed by atoms with Gasteiger partial charge in [0, 0.05) is 13.1 Å². The van der Waals surface area contributed by atoms with E-state index in [-0.39, 0.29) is 6.61 Å². The van der Waals surface area contributed by atoms with E-state index in [4.69, 9.17) is 4.74 Å². The van der Waals surface area contributed by atoms with Crippen molar-refractivity contribution in [3.05, 3.63) is 12.3 Å². The average Bonchev–Trinajstić information content (AvgIpc) is 2.80. The van der Waals surface area contributed by atoms with Crippen LogP contribution in [0.5, 0.6) is 0 Å². The highest BCUT2D eigenvalue weighted by molar-refractivity contribution is 6.41. The third kappa shape index (κ3) is 5.09. The molecule has 0 radical (unpaired) electrons. The van der Waals surface area contributed by atoms with E-state index in [1.807, 2.05) is 12.2 Å². The predicted molar refractivity (Wildman–Crippen MR) is 70.9 cm³/mol. The summed E-state index contributed by atoms with van der Waals surface area (Å²) in [6.07, 6.45) is 3.19. The number of hydrogen-bond donors (Lipinski definition) is 2. The maximum absolute atomic E-state index is 11.5. The molecule has 0 aliphatic carbocycles. The van der Waals surface area contributed by atoms with Crippen molar-refractivity contribution in [3.8, 4) is 0 Å². The van der Waals surface area contributed by atoms with Crippen LogP contribution in [0.1, 0.15) is 26.2 Å². The summed E-state index contributed by atoms with van der Waals surface area (Å²) in [5.74, 6) is -1.69. The Kier molecular flexibility index (Phi) is 6.21. The Morgan fingerprint density at radius 2 is 2.05 bits per heavy atom. The van der Waals surface area contributed by atoms with Crippen LogP contribution in [0.2, 0.25) is 0 Å². The van der Waals surface area contributed by atoms with Crippen LogP contribution < -0.4 is 10.6 Å². The molecule has 0 aromatic carbocycles. The lowest BCUT2D eigenvalue weighted by Gasteiger charge is -2.06. The molecule has 0 atom stereocenters. The molecule has 1 aromatic rings. The summed E-state index contributed by atoms with van der Waals surface area (Å²) in [5.41, 5.74) is 0. The van der Waals surface area contributed by atoms with Crippen LogP contribution in [0.15, 0.2) is 12.3 Å². The molecule has 0 spiro atoms. The van der Waals surface area contributed by atoms with Crippen molar-refractivity contribution in [3.63, 3.8) is 0 Å². The van der Waals surface area contributed by atoms with Gasteiger partial charge in [-0.2, -0.15) is 5.10 Å². The second-order valence-electron chi connectivity index (χ2n) is 4.09. The first-order valence-electron chi connectivity index (χ1n) is 6.31. The Hall–Kier alpha value is -2.38. The number of unbranched alkanes of at least 4 members (excludes halogenated alkanes) is 2. The highest BCUT2D eigenvalue weighted by Crippen LogP contribution is 2.02. The fraction of sp³-hybridized carbons (Fsp3) is 0.500. The number of rotatable bonds is 5. The number of nitrogens with zero attached hydrogens (tertiary/aromatic N) is 2. The van der Waals surface area contributed by atoms with Gasteiger partial charge in [0.1, 0.15) is 5.82 Å². The van der Waals surface area contributed by atoms with Crippen LogP contribution in [0.3, 0.4) is 0 Å². The maximum atomic E-state index is 11.5. The zero-order valence-electron chi connectivity index (χ0n) is 11.5. The van der Waals surface area contributed by atoms with E-state index in [1.165, 1.54) is 16.9 Å². The molecule has 0 aliphatic heterocycles. The molecule has 0 fully saturated rings. The standard InChI is InChI=1S/C12H18N4O4/c1-3-4-5-8-20-12(19)15-11(18)10(17)14-9-6-7-13-16(9)2/h6-7H,3-5,8H2,1-2H3,(H,14,17)(H,15,18,19). The van der Waals surface area contributed by atoms with Gasteiger partial charge in [0.15, 0.2) is 0 Å². The van der Waals surface area contributed by atoms with Crippen molar-refractivity contribution in [1.29, 1.82) is 0 Å². The summed E-state index contributed by atoms with van der Waals surface area (Å²) >= 11 is 0. The summed E-state index contributed by atoms with van der Waals surface area (Å²) < 4.78 is 6.14. The van der Waals surface area contributed by atoms with Gasteiger partial charge in [-0.25, -0.2) is 4.79 Å². The molecular formula is C12H18N4O4. The Balaban J connectivity index is 2.33. The normalized spacial score (nSPS) is 9.90. The lowest BCUT2D eigenvalue weighted by Crippen LogP contribution is -2.39. The van der Waals surface area contributed by atoms with Gasteiger partial charge in [-0.15, -0.1) is 0 Å². The topological polar surface area (TPSA) is 102 Å². The smallest absolute Gasteiger partial charge is 0.414 e. The van der Waals surface area contributed by atoms with Crippen LogP contribution in [0.25, 0.3) is 0 Å². The van der Waals surface area contributed by atoms with E-state index in [9.17, 15) is 14.4 Å². The van der Waals surface area contributed by atoms with Crippen molar-refractivity contribution < 1.29 is 19.1 Å². The third-order valence-electron chi connectivity index (χ3n) is 2.47. The highest BCUT2D eigenvalue weighted by Gasteiger charge is 2.18. The number of amides is 3. The van der Waals surface area contributed by atoms with E-state index in [0.29, 0.717) is 5.82 Å². The molecule has 0 saturated carbocycles. The molecule has 0 bridgehead atoms. The first-order valence-corrected chi connectivity index (χ1v) is 6.31. The molecule has 8 heteroatoms. The van der Waals surface area contributed by atoms with Gasteiger partial charge in [-0.3, -0.25) is 19.6 Å². The summed E-state index contributed by atoms with van der Waals surface area (Å²) in [6, 6.07) is 1.52. The van der Waals surface area contributed by atoms with Crippen LogP contribution >= 0.6 is 0 Å². The van der Waals surface area contributed by atoms with Gasteiger partial charge in [-0.05, 0) is 6.42 Å². The lowest BCUT2D eigenvalue weighted by molar-refractivity contribution is -0.135.